The van der Waals surface area contributed by atoms with Crippen LogP contribution in [0.15, 0.2) is 0 Å². The second-order valence-corrected chi connectivity index (χ2v) is 6.60. The molecular formula is C18H38N4O2. The zero-order valence-corrected chi connectivity index (χ0v) is 16.5. The van der Waals surface area contributed by atoms with Crippen LogP contribution in [0.25, 0.3) is 0 Å². The Morgan fingerprint density at radius 2 is 1.12 bits per heavy atom. The quantitative estimate of drug-likeness (QED) is 0.497. The van der Waals surface area contributed by atoms with Crippen LogP contribution in [0.5, 0.6) is 0 Å². The Balaban J connectivity index is 3.98. The first-order valence-corrected chi connectivity index (χ1v) is 9.30. The molecule has 0 aliphatic rings. The van der Waals surface area contributed by atoms with Gasteiger partial charge in [0.2, 0.25) is 11.8 Å². The molecule has 142 valence electrons. The van der Waals surface area contributed by atoms with Crippen LogP contribution in [0.4, 0.5) is 0 Å². The van der Waals surface area contributed by atoms with Gasteiger partial charge in [-0.2, -0.15) is 0 Å². The van der Waals surface area contributed by atoms with Gasteiger partial charge in [-0.3, -0.25) is 19.4 Å². The van der Waals surface area contributed by atoms with Crippen molar-refractivity contribution in [3.8, 4) is 0 Å². The lowest BCUT2D eigenvalue weighted by Gasteiger charge is -2.26. The molecule has 2 N–H and O–H groups in total. The van der Waals surface area contributed by atoms with Crippen molar-refractivity contribution in [3.63, 3.8) is 0 Å². The first-order chi connectivity index (χ1) is 11.3. The number of hydrogen-bond donors (Lipinski definition) is 2. The number of amides is 2. The zero-order chi connectivity index (χ0) is 18.5. The van der Waals surface area contributed by atoms with E-state index in [1.54, 1.807) is 0 Å². The largest absolute Gasteiger partial charge is 0.355 e. The number of carbonyl (C=O) groups excluding carboxylic acids is 2. The van der Waals surface area contributed by atoms with Crippen LogP contribution < -0.4 is 10.6 Å². The molecule has 6 heteroatoms. The monoisotopic (exact) mass is 342 g/mol. The molecular weight excluding hydrogens is 304 g/mol. The Hall–Kier alpha value is -1.14. The van der Waals surface area contributed by atoms with E-state index in [0.717, 1.165) is 51.9 Å². The molecule has 2 atom stereocenters. The number of unbranched alkanes of at least 4 members (excludes halogenated alkanes) is 1. The molecule has 24 heavy (non-hydrogen) atoms. The van der Waals surface area contributed by atoms with E-state index in [-0.39, 0.29) is 23.9 Å². The lowest BCUT2D eigenvalue weighted by molar-refractivity contribution is -0.126. The van der Waals surface area contributed by atoms with Crippen LogP contribution in [0, 0.1) is 0 Å². The number of likely N-dealkylation sites (N-methyl/N-ethyl adjacent to an activating group) is 2. The van der Waals surface area contributed by atoms with Crippen LogP contribution in [0.2, 0.25) is 0 Å². The molecule has 0 saturated heterocycles. The Labute approximate surface area is 148 Å². The molecule has 0 aliphatic heterocycles. The Kier molecular flexibility index (Phi) is 12.6. The molecule has 0 aromatic rings. The molecule has 6 nitrogen and oxygen atoms in total. The van der Waals surface area contributed by atoms with Crippen LogP contribution in [-0.2, 0) is 9.59 Å². The predicted octanol–water partition coefficient (Wildman–Crippen LogP) is 1.46. The number of carbonyl (C=O) groups is 2. The molecule has 0 fully saturated rings. The number of hydrogen-bond acceptors (Lipinski definition) is 4. The normalized spacial score (nSPS) is 13.8. The van der Waals surface area contributed by atoms with Crippen LogP contribution >= 0.6 is 0 Å². The molecule has 0 aromatic carbocycles. The summed E-state index contributed by atoms with van der Waals surface area (Å²) in [6, 6.07) is -0.207. The highest BCUT2D eigenvalue weighted by Crippen LogP contribution is 2.03. The van der Waals surface area contributed by atoms with E-state index in [0.29, 0.717) is 0 Å². The lowest BCUT2D eigenvalue weighted by Crippen LogP contribution is -2.44. The third-order valence-electron chi connectivity index (χ3n) is 4.45. The summed E-state index contributed by atoms with van der Waals surface area (Å²) in [6.07, 6.45) is 3.93. The highest BCUT2D eigenvalue weighted by Gasteiger charge is 2.18. The smallest absolute Gasteiger partial charge is 0.237 e. The first-order valence-electron chi connectivity index (χ1n) is 9.30. The first kappa shape index (κ1) is 22.9. The highest BCUT2D eigenvalue weighted by molar-refractivity contribution is 5.81. The second-order valence-electron chi connectivity index (χ2n) is 6.60. The second kappa shape index (κ2) is 13.2. The van der Waals surface area contributed by atoms with Crippen molar-refractivity contribution in [2.75, 3.05) is 40.3 Å². The summed E-state index contributed by atoms with van der Waals surface area (Å²) in [5.74, 6) is 0.190. The van der Waals surface area contributed by atoms with Gasteiger partial charge in [-0.25, -0.2) is 0 Å². The van der Waals surface area contributed by atoms with Crippen LogP contribution in [-0.4, -0.2) is 74.0 Å². The molecule has 0 rings (SSSR count). The summed E-state index contributed by atoms with van der Waals surface area (Å²) >= 11 is 0. The minimum atomic E-state index is -0.104. The number of rotatable bonds is 13. The Bertz CT molecular complexity index is 329. The maximum atomic E-state index is 11.9. The van der Waals surface area contributed by atoms with Crippen LogP contribution in [0.3, 0.4) is 0 Å². The van der Waals surface area contributed by atoms with Crippen molar-refractivity contribution in [1.82, 2.24) is 20.4 Å². The van der Waals surface area contributed by atoms with Crippen LogP contribution in [0.1, 0.15) is 53.4 Å². The SMILES string of the molecule is CCCNC(=O)[C@H](C)N(C)CCCCN(C)[C@@H](C)C(=O)NCCC. The molecule has 2 amide bonds. The summed E-state index contributed by atoms with van der Waals surface area (Å²) in [5.41, 5.74) is 0. The van der Waals surface area contributed by atoms with Crippen molar-refractivity contribution in [2.45, 2.75) is 65.5 Å². The van der Waals surface area contributed by atoms with E-state index in [2.05, 4.69) is 34.3 Å². The van der Waals surface area contributed by atoms with E-state index in [1.807, 2.05) is 27.9 Å². The molecule has 0 heterocycles. The van der Waals surface area contributed by atoms with Gasteiger partial charge < -0.3 is 10.6 Å². The van der Waals surface area contributed by atoms with E-state index in [1.165, 1.54) is 0 Å². The molecule has 0 aromatic heterocycles. The fourth-order valence-electron chi connectivity index (χ4n) is 2.30. The molecule has 0 aliphatic carbocycles. The topological polar surface area (TPSA) is 64.7 Å². The maximum Gasteiger partial charge on any atom is 0.237 e. The fourth-order valence-corrected chi connectivity index (χ4v) is 2.30. The third kappa shape index (κ3) is 9.23. The Morgan fingerprint density at radius 1 is 0.792 bits per heavy atom. The summed E-state index contributed by atoms with van der Waals surface area (Å²) in [4.78, 5) is 28.0. The summed E-state index contributed by atoms with van der Waals surface area (Å²) in [5, 5.41) is 5.86. The Morgan fingerprint density at radius 3 is 1.42 bits per heavy atom. The summed E-state index contributed by atoms with van der Waals surface area (Å²) < 4.78 is 0. The van der Waals surface area contributed by atoms with Gasteiger partial charge in [0, 0.05) is 13.1 Å². The standard InChI is InChI=1S/C18H38N4O2/c1-7-11-19-17(23)15(3)21(5)13-9-10-14-22(6)16(4)18(24)20-12-8-2/h15-16H,7-14H2,1-6H3,(H,19,23)(H,20,24)/t15-,16-/m0/s1. The average Bonchev–Trinajstić information content (AvgIpc) is 2.59. The van der Waals surface area contributed by atoms with Gasteiger partial charge in [-0.1, -0.05) is 13.8 Å². The minimum absolute atomic E-state index is 0.0951. The molecule has 0 saturated carbocycles. The van der Waals surface area contributed by atoms with E-state index in [9.17, 15) is 9.59 Å². The van der Waals surface area contributed by atoms with Crippen molar-refractivity contribution in [1.29, 1.82) is 0 Å². The van der Waals surface area contributed by atoms with E-state index >= 15 is 0 Å². The summed E-state index contributed by atoms with van der Waals surface area (Å²) in [6.45, 7) is 11.2. The zero-order valence-electron chi connectivity index (χ0n) is 16.5. The van der Waals surface area contributed by atoms with Gasteiger partial charge in [0.05, 0.1) is 12.1 Å². The minimum Gasteiger partial charge on any atom is -0.355 e. The lowest BCUT2D eigenvalue weighted by atomic mass is 10.2. The van der Waals surface area contributed by atoms with Crippen molar-refractivity contribution in [3.05, 3.63) is 0 Å². The van der Waals surface area contributed by atoms with Crippen molar-refractivity contribution < 1.29 is 9.59 Å². The maximum absolute atomic E-state index is 11.9. The molecule has 0 bridgehead atoms. The molecule has 0 spiro atoms. The van der Waals surface area contributed by atoms with Crippen molar-refractivity contribution >= 4 is 11.8 Å². The van der Waals surface area contributed by atoms with Gasteiger partial charge in [0.1, 0.15) is 0 Å². The average molecular weight is 343 g/mol. The van der Waals surface area contributed by atoms with Crippen molar-refractivity contribution in [2.24, 2.45) is 0 Å². The van der Waals surface area contributed by atoms with Gasteiger partial charge >= 0.3 is 0 Å². The third-order valence-corrected chi connectivity index (χ3v) is 4.45. The van der Waals surface area contributed by atoms with E-state index < -0.39 is 0 Å². The van der Waals surface area contributed by atoms with Gasteiger partial charge in [0.15, 0.2) is 0 Å². The van der Waals surface area contributed by atoms with Gasteiger partial charge in [-0.15, -0.1) is 0 Å². The van der Waals surface area contributed by atoms with Gasteiger partial charge in [-0.05, 0) is 66.7 Å². The highest BCUT2D eigenvalue weighted by atomic mass is 16.2. The molecule has 0 radical (unpaired) electrons. The van der Waals surface area contributed by atoms with Gasteiger partial charge in [0.25, 0.3) is 0 Å². The van der Waals surface area contributed by atoms with E-state index in [4.69, 9.17) is 0 Å². The summed E-state index contributed by atoms with van der Waals surface area (Å²) in [7, 11) is 3.97. The predicted molar refractivity (Wildman–Crippen MR) is 100 cm³/mol. The fraction of sp³-hybridized carbons (Fsp3) is 0.889. The molecule has 0 unspecified atom stereocenters. The number of nitrogens with zero attached hydrogens (tertiary/aromatic N) is 2. The number of nitrogens with one attached hydrogen (secondary N) is 2.